The van der Waals surface area contributed by atoms with E-state index in [1.165, 1.54) is 11.8 Å². The largest absolute Gasteiger partial charge is 0.486 e. The number of halogens is 1. The number of rotatable bonds is 7. The number of nitrogens with one attached hydrogen (secondary N) is 1. The molecular weight excluding hydrogens is 462 g/mol. The number of aromatic nitrogens is 3. The van der Waals surface area contributed by atoms with Crippen molar-refractivity contribution in [3.05, 3.63) is 53.6 Å². The van der Waals surface area contributed by atoms with Gasteiger partial charge < -0.3 is 19.7 Å². The molecule has 1 unspecified atom stereocenters. The van der Waals surface area contributed by atoms with Gasteiger partial charge >= 0.3 is 0 Å². The highest BCUT2D eigenvalue weighted by Gasteiger charge is 2.25. The fourth-order valence-electron chi connectivity index (χ4n) is 3.89. The van der Waals surface area contributed by atoms with Gasteiger partial charge in [0.05, 0.1) is 23.0 Å². The number of carbonyl (C=O) groups is 1. The van der Waals surface area contributed by atoms with Crippen LogP contribution >= 0.6 is 23.4 Å². The van der Waals surface area contributed by atoms with Crippen molar-refractivity contribution in [1.29, 1.82) is 0 Å². The molecule has 1 N–H and O–H groups in total. The molecular formula is C23H24ClN5O3S. The summed E-state index contributed by atoms with van der Waals surface area (Å²) < 4.78 is 13.6. The Bertz CT molecular complexity index is 1130. The van der Waals surface area contributed by atoms with Gasteiger partial charge in [-0.1, -0.05) is 47.6 Å². The maximum absolute atomic E-state index is 12.6. The molecule has 2 aliphatic heterocycles. The summed E-state index contributed by atoms with van der Waals surface area (Å²) in [5.41, 5.74) is 0.806. The van der Waals surface area contributed by atoms with Gasteiger partial charge in [-0.15, -0.1) is 10.2 Å². The smallest absolute Gasteiger partial charge is 0.232 e. The van der Waals surface area contributed by atoms with Crippen molar-refractivity contribution in [3.8, 4) is 17.2 Å². The number of ether oxygens (including phenoxy) is 2. The average molecular weight is 486 g/mol. The van der Waals surface area contributed by atoms with Gasteiger partial charge in [-0.05, 0) is 37.1 Å². The van der Waals surface area contributed by atoms with Crippen LogP contribution in [0.5, 0.6) is 11.5 Å². The van der Waals surface area contributed by atoms with E-state index in [-0.39, 0.29) is 17.8 Å². The predicted octanol–water partition coefficient (Wildman–Crippen LogP) is 3.57. The zero-order valence-electron chi connectivity index (χ0n) is 17.9. The number of carbonyl (C=O) groups excluding carboxylic acids is 1. The van der Waals surface area contributed by atoms with E-state index in [4.69, 9.17) is 21.1 Å². The molecule has 0 bridgehead atoms. The summed E-state index contributed by atoms with van der Waals surface area (Å²) in [5.74, 6) is 2.27. The Hall–Kier alpha value is -2.91. The van der Waals surface area contributed by atoms with Gasteiger partial charge in [0.2, 0.25) is 11.9 Å². The molecule has 5 rings (SSSR count). The number of para-hydroxylation sites is 3. The Kier molecular flexibility index (Phi) is 6.59. The number of anilines is 1. The van der Waals surface area contributed by atoms with E-state index >= 15 is 0 Å². The van der Waals surface area contributed by atoms with Crippen molar-refractivity contribution in [1.82, 2.24) is 20.1 Å². The van der Waals surface area contributed by atoms with Crippen molar-refractivity contribution >= 4 is 35.2 Å². The lowest BCUT2D eigenvalue weighted by molar-refractivity contribution is -0.119. The van der Waals surface area contributed by atoms with E-state index in [0.29, 0.717) is 29.1 Å². The Labute approximate surface area is 201 Å². The van der Waals surface area contributed by atoms with Gasteiger partial charge in [0.15, 0.2) is 16.7 Å². The molecule has 2 aliphatic rings. The van der Waals surface area contributed by atoms with Crippen LogP contribution in [0.1, 0.15) is 12.8 Å². The zero-order chi connectivity index (χ0) is 22.6. The molecule has 2 aromatic carbocycles. The highest BCUT2D eigenvalue weighted by molar-refractivity contribution is 7.99. The number of fused-ring (bicyclic) bond motifs is 1. The van der Waals surface area contributed by atoms with E-state index in [1.54, 1.807) is 0 Å². The van der Waals surface area contributed by atoms with Gasteiger partial charge in [0.25, 0.3) is 0 Å². The minimum Gasteiger partial charge on any atom is -0.486 e. The van der Waals surface area contributed by atoms with Gasteiger partial charge in [-0.2, -0.15) is 0 Å². The third-order valence-electron chi connectivity index (χ3n) is 5.53. The first-order chi connectivity index (χ1) is 16.2. The molecule has 0 aliphatic carbocycles. The number of thioether (sulfide) groups is 1. The molecule has 8 nitrogen and oxygen atoms in total. The first-order valence-electron chi connectivity index (χ1n) is 10.9. The van der Waals surface area contributed by atoms with Crippen LogP contribution in [0.2, 0.25) is 5.02 Å². The molecule has 0 radical (unpaired) electrons. The molecule has 1 aromatic heterocycles. The average Bonchev–Trinajstić information content (AvgIpc) is 3.51. The summed E-state index contributed by atoms with van der Waals surface area (Å²) in [7, 11) is 0. The topological polar surface area (TPSA) is 81.5 Å². The summed E-state index contributed by atoms with van der Waals surface area (Å²) in [6.45, 7) is 2.62. The molecule has 3 heterocycles. The standard InChI is InChI=1S/C23H24ClN5O3S/c24-17-7-1-2-8-18(17)29-22(28-11-5-6-12-28)26-27-23(29)33-15-21(30)25-13-16-14-31-19-9-3-4-10-20(19)32-16/h1-4,7-10,16H,5-6,11-15H2,(H,25,30). The second-order valence-electron chi connectivity index (χ2n) is 7.85. The third-order valence-corrected chi connectivity index (χ3v) is 6.77. The maximum atomic E-state index is 12.6. The van der Waals surface area contributed by atoms with Crippen LogP contribution in [0, 0.1) is 0 Å². The number of benzene rings is 2. The van der Waals surface area contributed by atoms with E-state index in [2.05, 4.69) is 20.4 Å². The zero-order valence-corrected chi connectivity index (χ0v) is 19.5. The highest BCUT2D eigenvalue weighted by atomic mass is 35.5. The Morgan fingerprint density at radius 3 is 2.67 bits per heavy atom. The summed E-state index contributed by atoms with van der Waals surface area (Å²) in [6, 6.07) is 15.1. The number of hydrogen-bond acceptors (Lipinski definition) is 7. The molecule has 3 aromatic rings. The third kappa shape index (κ3) is 4.89. The summed E-state index contributed by atoms with van der Waals surface area (Å²) in [5, 5.41) is 13.0. The predicted molar refractivity (Wildman–Crippen MR) is 128 cm³/mol. The van der Waals surface area contributed by atoms with E-state index in [1.807, 2.05) is 53.1 Å². The SMILES string of the molecule is O=C(CSc1nnc(N2CCCC2)n1-c1ccccc1Cl)NCC1COc2ccccc2O1. The lowest BCUT2D eigenvalue weighted by atomic mass is 10.2. The Morgan fingerprint density at radius 1 is 1.09 bits per heavy atom. The van der Waals surface area contributed by atoms with Gasteiger partial charge in [-0.25, -0.2) is 0 Å². The van der Waals surface area contributed by atoms with Crippen LogP contribution < -0.4 is 19.7 Å². The normalized spacial score (nSPS) is 17.2. The number of amides is 1. The molecule has 1 atom stereocenters. The van der Waals surface area contributed by atoms with Crippen LogP contribution in [0.15, 0.2) is 53.7 Å². The Balaban J connectivity index is 1.23. The minimum absolute atomic E-state index is 0.112. The number of nitrogens with zero attached hydrogens (tertiary/aromatic N) is 4. The highest BCUT2D eigenvalue weighted by Crippen LogP contribution is 2.32. The van der Waals surface area contributed by atoms with Crippen molar-refractivity contribution in [2.45, 2.75) is 24.1 Å². The van der Waals surface area contributed by atoms with Crippen molar-refractivity contribution < 1.29 is 14.3 Å². The lowest BCUT2D eigenvalue weighted by Crippen LogP contribution is -2.41. The molecule has 1 saturated heterocycles. The molecule has 0 saturated carbocycles. The van der Waals surface area contributed by atoms with Gasteiger partial charge in [-0.3, -0.25) is 9.36 Å². The van der Waals surface area contributed by atoms with Crippen molar-refractivity contribution in [3.63, 3.8) is 0 Å². The van der Waals surface area contributed by atoms with Crippen LogP contribution in [0.3, 0.4) is 0 Å². The van der Waals surface area contributed by atoms with Crippen LogP contribution in [-0.2, 0) is 4.79 Å². The minimum atomic E-state index is -0.234. The van der Waals surface area contributed by atoms with Gasteiger partial charge in [0.1, 0.15) is 12.7 Å². The molecule has 172 valence electrons. The molecule has 0 spiro atoms. The van der Waals surface area contributed by atoms with E-state index in [9.17, 15) is 4.79 Å². The van der Waals surface area contributed by atoms with E-state index in [0.717, 1.165) is 43.3 Å². The van der Waals surface area contributed by atoms with E-state index < -0.39 is 0 Å². The summed E-state index contributed by atoms with van der Waals surface area (Å²) in [6.07, 6.45) is 2.01. The lowest BCUT2D eigenvalue weighted by Gasteiger charge is -2.26. The quantitative estimate of drug-likeness (QED) is 0.512. The first-order valence-corrected chi connectivity index (χ1v) is 12.3. The van der Waals surface area contributed by atoms with Crippen molar-refractivity contribution in [2.75, 3.05) is 36.9 Å². The van der Waals surface area contributed by atoms with Crippen molar-refractivity contribution in [2.24, 2.45) is 0 Å². The monoisotopic (exact) mass is 485 g/mol. The first kappa shape index (κ1) is 21.9. The molecule has 10 heteroatoms. The van der Waals surface area contributed by atoms with Crippen LogP contribution in [0.4, 0.5) is 5.95 Å². The second kappa shape index (κ2) is 9.93. The van der Waals surface area contributed by atoms with Crippen LogP contribution in [-0.4, -0.2) is 58.8 Å². The summed E-state index contributed by atoms with van der Waals surface area (Å²) >= 11 is 7.82. The molecule has 33 heavy (non-hydrogen) atoms. The number of hydrogen-bond donors (Lipinski definition) is 1. The molecule has 1 amide bonds. The molecule has 1 fully saturated rings. The fourth-order valence-corrected chi connectivity index (χ4v) is 4.88. The van der Waals surface area contributed by atoms with Gasteiger partial charge in [0, 0.05) is 13.1 Å². The fraction of sp³-hybridized carbons (Fsp3) is 0.348. The Morgan fingerprint density at radius 2 is 1.85 bits per heavy atom. The summed E-state index contributed by atoms with van der Waals surface area (Å²) in [4.78, 5) is 14.8. The maximum Gasteiger partial charge on any atom is 0.232 e. The van der Waals surface area contributed by atoms with Crippen LogP contribution in [0.25, 0.3) is 5.69 Å². The second-order valence-corrected chi connectivity index (χ2v) is 9.20.